The summed E-state index contributed by atoms with van der Waals surface area (Å²) >= 11 is 3.41. The number of carbonyl (C=O) groups excluding carboxylic acids is 1. The normalized spacial score (nSPS) is 13.1. The highest BCUT2D eigenvalue weighted by molar-refractivity contribution is 9.10. The molecule has 0 saturated carbocycles. The van der Waals surface area contributed by atoms with Gasteiger partial charge in [-0.25, -0.2) is 9.67 Å². The average molecular weight is 396 g/mol. The highest BCUT2D eigenvalue weighted by atomic mass is 79.9. The smallest absolute Gasteiger partial charge is 0.279 e. The summed E-state index contributed by atoms with van der Waals surface area (Å²) in [5.74, 6) is -0.386. The van der Waals surface area contributed by atoms with Gasteiger partial charge in [0, 0.05) is 15.4 Å². The van der Waals surface area contributed by atoms with Crippen LogP contribution in [0.2, 0.25) is 0 Å². The van der Waals surface area contributed by atoms with Crippen molar-refractivity contribution >= 4 is 27.4 Å². The number of hydrogen-bond acceptors (Lipinski definition) is 2. The molecule has 0 unspecified atom stereocenters. The van der Waals surface area contributed by atoms with Crippen molar-refractivity contribution in [1.29, 1.82) is 0 Å². The van der Waals surface area contributed by atoms with E-state index in [1.54, 1.807) is 13.0 Å². The Morgan fingerprint density at radius 3 is 2.48 bits per heavy atom. The first-order valence-electron chi connectivity index (χ1n) is 7.77. The molecular formula is C19H14BrN3O2. The number of aromatic amines is 1. The Labute approximate surface area is 151 Å². The van der Waals surface area contributed by atoms with Gasteiger partial charge < -0.3 is 0 Å². The summed E-state index contributed by atoms with van der Waals surface area (Å²) in [5.41, 5.74) is 2.93. The number of fused-ring (bicyclic) bond motifs is 1. The molecule has 0 aliphatic carbocycles. The lowest BCUT2D eigenvalue weighted by Gasteiger charge is -2.01. The van der Waals surface area contributed by atoms with Gasteiger partial charge in [0.25, 0.3) is 11.5 Å². The van der Waals surface area contributed by atoms with E-state index in [0.717, 1.165) is 15.7 Å². The second-order valence-electron chi connectivity index (χ2n) is 6.04. The fourth-order valence-corrected chi connectivity index (χ4v) is 3.41. The lowest BCUT2D eigenvalue weighted by atomic mass is 10.0. The number of carbonyl (C=O) groups is 1. The van der Waals surface area contributed by atoms with Crippen LogP contribution in [0, 0.1) is 13.8 Å². The minimum absolute atomic E-state index is 0.257. The molecule has 0 radical (unpaired) electrons. The van der Waals surface area contributed by atoms with E-state index < -0.39 is 0 Å². The highest BCUT2D eigenvalue weighted by Gasteiger charge is 2.25. The third-order valence-electron chi connectivity index (χ3n) is 4.28. The van der Waals surface area contributed by atoms with Crippen LogP contribution in [0.1, 0.15) is 16.8 Å². The zero-order valence-corrected chi connectivity index (χ0v) is 15.2. The fraction of sp³-hybridized carbons (Fsp3) is 0.105. The van der Waals surface area contributed by atoms with Gasteiger partial charge >= 0.3 is 0 Å². The van der Waals surface area contributed by atoms with Gasteiger partial charge in [-0.3, -0.25) is 14.7 Å². The molecule has 1 aromatic heterocycles. The van der Waals surface area contributed by atoms with Crippen molar-refractivity contribution in [2.24, 2.45) is 4.99 Å². The number of rotatable bonds is 2. The predicted octanol–water partition coefficient (Wildman–Crippen LogP) is 1.90. The maximum Gasteiger partial charge on any atom is 0.279 e. The number of amides is 1. The van der Waals surface area contributed by atoms with E-state index in [4.69, 9.17) is 0 Å². The summed E-state index contributed by atoms with van der Waals surface area (Å²) in [5, 5.41) is 4.33. The Bertz CT molecular complexity index is 1200. The third-order valence-corrected chi connectivity index (χ3v) is 4.77. The molecule has 1 N–H and O–H groups in total. The molecule has 0 spiro atoms. The van der Waals surface area contributed by atoms with Gasteiger partial charge in [0.05, 0.1) is 22.2 Å². The number of halogens is 1. The Morgan fingerprint density at radius 2 is 1.76 bits per heavy atom. The summed E-state index contributed by atoms with van der Waals surface area (Å²) in [7, 11) is 0. The van der Waals surface area contributed by atoms with Crippen molar-refractivity contribution in [2.75, 3.05) is 0 Å². The minimum Gasteiger partial charge on any atom is -0.295 e. The Kier molecular flexibility index (Phi) is 3.58. The molecule has 1 aliphatic heterocycles. The molecule has 1 amide bonds. The SMILES string of the molecule is Cc1ccc(-n2[nH]c(C)c(C3=c4cc(Br)ccc4=NC3=O)c2=O)cc1. The van der Waals surface area contributed by atoms with Crippen molar-refractivity contribution in [3.8, 4) is 5.69 Å². The summed E-state index contributed by atoms with van der Waals surface area (Å²) < 4.78 is 2.29. The maximum absolute atomic E-state index is 13.0. The van der Waals surface area contributed by atoms with Gasteiger partial charge in [-0.15, -0.1) is 0 Å². The molecule has 6 heteroatoms. The Morgan fingerprint density at radius 1 is 1.04 bits per heavy atom. The van der Waals surface area contributed by atoms with E-state index in [-0.39, 0.29) is 11.5 Å². The van der Waals surface area contributed by atoms with Crippen molar-refractivity contribution in [3.63, 3.8) is 0 Å². The van der Waals surface area contributed by atoms with Gasteiger partial charge in [0.2, 0.25) is 0 Å². The van der Waals surface area contributed by atoms with Gasteiger partial charge in [-0.2, -0.15) is 0 Å². The van der Waals surface area contributed by atoms with Crippen LogP contribution in [-0.4, -0.2) is 15.7 Å². The zero-order chi connectivity index (χ0) is 17.7. The molecule has 0 bridgehead atoms. The van der Waals surface area contributed by atoms with Crippen LogP contribution in [0.5, 0.6) is 0 Å². The number of nitrogens with one attached hydrogen (secondary N) is 1. The molecule has 1 aliphatic rings. The summed E-state index contributed by atoms with van der Waals surface area (Å²) in [6.45, 7) is 3.78. The largest absolute Gasteiger partial charge is 0.295 e. The van der Waals surface area contributed by atoms with Crippen LogP contribution < -0.4 is 16.1 Å². The van der Waals surface area contributed by atoms with Gasteiger partial charge in [-0.1, -0.05) is 33.6 Å². The Hall–Kier alpha value is -2.73. The van der Waals surface area contributed by atoms with Crippen molar-refractivity contribution < 1.29 is 4.79 Å². The monoisotopic (exact) mass is 395 g/mol. The van der Waals surface area contributed by atoms with Crippen molar-refractivity contribution in [1.82, 2.24) is 9.78 Å². The van der Waals surface area contributed by atoms with Crippen LogP contribution in [0.3, 0.4) is 0 Å². The topological polar surface area (TPSA) is 67.2 Å². The third kappa shape index (κ3) is 2.49. The molecule has 2 aromatic carbocycles. The van der Waals surface area contributed by atoms with E-state index in [0.29, 0.717) is 27.4 Å². The number of nitrogens with zero attached hydrogens (tertiary/aromatic N) is 2. The number of hydrogen-bond donors (Lipinski definition) is 1. The van der Waals surface area contributed by atoms with Crippen LogP contribution in [0.25, 0.3) is 11.3 Å². The van der Waals surface area contributed by atoms with E-state index in [1.165, 1.54) is 4.68 Å². The average Bonchev–Trinajstić information content (AvgIpc) is 3.04. The molecule has 2 heterocycles. The second-order valence-corrected chi connectivity index (χ2v) is 6.96. The molecule has 3 aromatic rings. The molecular weight excluding hydrogens is 382 g/mol. The van der Waals surface area contributed by atoms with Crippen LogP contribution in [-0.2, 0) is 4.79 Å². The summed E-state index contributed by atoms with van der Waals surface area (Å²) in [4.78, 5) is 29.5. The van der Waals surface area contributed by atoms with E-state index in [1.807, 2.05) is 43.3 Å². The molecule has 0 saturated heterocycles. The lowest BCUT2D eigenvalue weighted by molar-refractivity contribution is -0.112. The van der Waals surface area contributed by atoms with Crippen molar-refractivity contribution in [3.05, 3.63) is 84.7 Å². The van der Waals surface area contributed by atoms with E-state index >= 15 is 0 Å². The predicted molar refractivity (Wildman–Crippen MR) is 98.3 cm³/mol. The number of aryl methyl sites for hydroxylation is 2. The molecule has 4 rings (SSSR count). The summed E-state index contributed by atoms with van der Waals surface area (Å²) in [6, 6.07) is 13.0. The van der Waals surface area contributed by atoms with Crippen LogP contribution >= 0.6 is 15.9 Å². The molecule has 124 valence electrons. The van der Waals surface area contributed by atoms with Gasteiger partial charge in [0.15, 0.2) is 0 Å². The molecule has 0 atom stereocenters. The quantitative estimate of drug-likeness (QED) is 0.719. The molecule has 5 nitrogen and oxygen atoms in total. The molecule has 0 fully saturated rings. The lowest BCUT2D eigenvalue weighted by Crippen LogP contribution is -2.26. The van der Waals surface area contributed by atoms with Gasteiger partial charge in [-0.05, 0) is 44.2 Å². The standard InChI is InChI=1S/C19H14BrN3O2/c1-10-3-6-13(7-4-10)23-19(25)16(11(2)22-23)17-14-9-12(20)5-8-15(14)21-18(17)24/h3-9,22H,1-2H3. The van der Waals surface area contributed by atoms with Gasteiger partial charge in [0.1, 0.15) is 0 Å². The minimum atomic E-state index is -0.386. The first-order valence-corrected chi connectivity index (χ1v) is 8.57. The maximum atomic E-state index is 13.0. The first-order chi connectivity index (χ1) is 12.0. The number of benzene rings is 2. The number of H-pyrrole nitrogens is 1. The second kappa shape index (κ2) is 5.67. The summed E-state index contributed by atoms with van der Waals surface area (Å²) in [6.07, 6.45) is 0. The van der Waals surface area contributed by atoms with Crippen LogP contribution in [0.4, 0.5) is 0 Å². The van der Waals surface area contributed by atoms with Crippen LogP contribution in [0.15, 0.2) is 56.7 Å². The fourth-order valence-electron chi connectivity index (χ4n) is 3.04. The van der Waals surface area contributed by atoms with E-state index in [9.17, 15) is 9.59 Å². The first kappa shape index (κ1) is 15.8. The molecule has 25 heavy (non-hydrogen) atoms. The number of aromatic nitrogens is 2. The Balaban J connectivity index is 2.01. The highest BCUT2D eigenvalue weighted by Crippen LogP contribution is 2.17. The zero-order valence-electron chi connectivity index (χ0n) is 13.6. The van der Waals surface area contributed by atoms with Crippen molar-refractivity contribution in [2.45, 2.75) is 13.8 Å². The van der Waals surface area contributed by atoms with E-state index in [2.05, 4.69) is 26.0 Å².